The topological polar surface area (TPSA) is 49.4 Å². The van der Waals surface area contributed by atoms with Crippen LogP contribution in [-0.2, 0) is 20.4 Å². The maximum Gasteiger partial charge on any atom is 0.225 e. The molecule has 0 radical (unpaired) electrons. The lowest BCUT2D eigenvalue weighted by Gasteiger charge is -2.50. The minimum absolute atomic E-state index is 0.0647. The second-order valence-electron chi connectivity index (χ2n) is 10.7. The van der Waals surface area contributed by atoms with Gasteiger partial charge in [-0.1, -0.05) is 31.2 Å². The van der Waals surface area contributed by atoms with Crippen molar-refractivity contribution < 1.29 is 9.59 Å². The number of hydrogen-bond donors (Lipinski definition) is 1. The number of hydrogen-bond acceptors (Lipinski definition) is 2. The van der Waals surface area contributed by atoms with Gasteiger partial charge in [-0.3, -0.25) is 9.59 Å². The number of carbonyl (C=O) groups is 2. The van der Waals surface area contributed by atoms with Crippen molar-refractivity contribution in [1.82, 2.24) is 10.2 Å². The normalized spacial score (nSPS) is 39.9. The van der Waals surface area contributed by atoms with E-state index in [1.165, 1.54) is 30.4 Å². The Morgan fingerprint density at radius 2 is 1.79 bits per heavy atom. The standard InChI is InChI=1S/C24H30N2O2/c1-22(9-10-22)17-4-6-18(7-5-17)24-13-19(24)14-26(15-24)21(28)16-11-23(12-16)8-2-3-20(27)25-23/h4-7,16,19H,2-3,8-15H2,1H3,(H,25,27). The highest BCUT2D eigenvalue weighted by Crippen LogP contribution is 2.60. The van der Waals surface area contributed by atoms with Crippen LogP contribution < -0.4 is 5.32 Å². The van der Waals surface area contributed by atoms with Crippen LogP contribution in [0.5, 0.6) is 0 Å². The van der Waals surface area contributed by atoms with E-state index in [9.17, 15) is 9.59 Å². The lowest BCUT2D eigenvalue weighted by molar-refractivity contribution is -0.144. The Morgan fingerprint density at radius 3 is 2.46 bits per heavy atom. The maximum absolute atomic E-state index is 13.1. The van der Waals surface area contributed by atoms with Crippen molar-refractivity contribution >= 4 is 11.8 Å². The third kappa shape index (κ3) is 2.42. The van der Waals surface area contributed by atoms with Gasteiger partial charge >= 0.3 is 0 Å². The molecular formula is C24H30N2O2. The molecule has 1 N–H and O–H groups in total. The third-order valence-corrected chi connectivity index (χ3v) is 8.70. The molecule has 5 aliphatic rings. The van der Waals surface area contributed by atoms with Crippen LogP contribution in [0.3, 0.4) is 0 Å². The molecule has 2 atom stereocenters. The van der Waals surface area contributed by atoms with Gasteiger partial charge in [0.05, 0.1) is 0 Å². The summed E-state index contributed by atoms with van der Waals surface area (Å²) in [6.07, 6.45) is 8.21. The molecule has 0 aromatic heterocycles. The molecule has 1 aromatic rings. The zero-order valence-corrected chi connectivity index (χ0v) is 16.8. The van der Waals surface area contributed by atoms with Crippen molar-refractivity contribution in [3.05, 3.63) is 35.4 Å². The molecule has 2 heterocycles. The smallest absolute Gasteiger partial charge is 0.225 e. The van der Waals surface area contributed by atoms with Crippen molar-refractivity contribution in [1.29, 1.82) is 0 Å². The van der Waals surface area contributed by atoms with E-state index in [0.717, 1.165) is 38.8 Å². The summed E-state index contributed by atoms with van der Waals surface area (Å²) in [6, 6.07) is 9.34. The molecule has 2 saturated heterocycles. The zero-order chi connectivity index (χ0) is 19.1. The van der Waals surface area contributed by atoms with Gasteiger partial charge in [-0.25, -0.2) is 0 Å². The van der Waals surface area contributed by atoms with Gasteiger partial charge in [0.25, 0.3) is 0 Å². The Morgan fingerprint density at radius 1 is 1.07 bits per heavy atom. The fraction of sp³-hybridized carbons (Fsp3) is 0.667. The maximum atomic E-state index is 13.1. The monoisotopic (exact) mass is 378 g/mol. The van der Waals surface area contributed by atoms with Crippen molar-refractivity contribution in [3.63, 3.8) is 0 Å². The molecule has 148 valence electrons. The molecule has 2 unspecified atom stereocenters. The lowest BCUT2D eigenvalue weighted by atomic mass is 9.64. The van der Waals surface area contributed by atoms with E-state index < -0.39 is 0 Å². The first-order valence-electron chi connectivity index (χ1n) is 11.1. The Kier molecular flexibility index (Phi) is 3.29. The van der Waals surface area contributed by atoms with Crippen LogP contribution in [0.25, 0.3) is 0 Å². The molecule has 2 amide bonds. The number of rotatable bonds is 3. The van der Waals surface area contributed by atoms with Crippen molar-refractivity contribution in [3.8, 4) is 0 Å². The van der Waals surface area contributed by atoms with Crippen molar-refractivity contribution in [2.45, 2.75) is 74.7 Å². The Bertz CT molecular complexity index is 850. The third-order valence-electron chi connectivity index (χ3n) is 8.70. The van der Waals surface area contributed by atoms with E-state index in [4.69, 9.17) is 0 Å². The molecule has 2 aliphatic heterocycles. The average Bonchev–Trinajstić information content (AvgIpc) is 3.56. The SMILES string of the molecule is CC1(c2ccc(C34CC3CN(C(=O)C3CC5(CCCC(=O)N5)C3)C4)cc2)CC1. The van der Waals surface area contributed by atoms with Crippen LogP contribution in [0.15, 0.2) is 24.3 Å². The molecule has 4 nitrogen and oxygen atoms in total. The summed E-state index contributed by atoms with van der Waals surface area (Å²) < 4.78 is 0. The summed E-state index contributed by atoms with van der Waals surface area (Å²) in [5, 5.41) is 3.17. The van der Waals surface area contributed by atoms with E-state index in [1.54, 1.807) is 0 Å². The number of nitrogens with one attached hydrogen (secondary N) is 1. The molecule has 5 fully saturated rings. The summed E-state index contributed by atoms with van der Waals surface area (Å²) in [5.74, 6) is 1.26. The van der Waals surface area contributed by atoms with Gasteiger partial charge in [-0.05, 0) is 67.4 Å². The molecule has 0 bridgehead atoms. The minimum Gasteiger partial charge on any atom is -0.351 e. The van der Waals surface area contributed by atoms with Crippen LogP contribution in [0.1, 0.15) is 69.4 Å². The fourth-order valence-corrected chi connectivity index (χ4v) is 6.41. The molecular weight excluding hydrogens is 348 g/mol. The van der Waals surface area contributed by atoms with E-state index in [-0.39, 0.29) is 22.8 Å². The molecule has 3 saturated carbocycles. The van der Waals surface area contributed by atoms with E-state index in [2.05, 4.69) is 41.4 Å². The first-order chi connectivity index (χ1) is 13.4. The number of carbonyl (C=O) groups excluding carboxylic acids is 2. The van der Waals surface area contributed by atoms with E-state index >= 15 is 0 Å². The summed E-state index contributed by atoms with van der Waals surface area (Å²) in [7, 11) is 0. The first-order valence-corrected chi connectivity index (χ1v) is 11.1. The molecule has 6 rings (SSSR count). The van der Waals surface area contributed by atoms with Gasteiger partial charge in [0.15, 0.2) is 0 Å². The highest BCUT2D eigenvalue weighted by Gasteiger charge is 2.62. The van der Waals surface area contributed by atoms with Crippen LogP contribution in [-0.4, -0.2) is 35.3 Å². The lowest BCUT2D eigenvalue weighted by Crippen LogP contribution is -2.62. The summed E-state index contributed by atoms with van der Waals surface area (Å²) in [5.41, 5.74) is 3.49. The predicted molar refractivity (Wildman–Crippen MR) is 107 cm³/mol. The number of nitrogens with zero attached hydrogens (tertiary/aromatic N) is 1. The van der Waals surface area contributed by atoms with Crippen molar-refractivity contribution in [2.75, 3.05) is 13.1 Å². The second kappa shape index (κ2) is 5.40. The highest BCUT2D eigenvalue weighted by atomic mass is 16.2. The molecule has 28 heavy (non-hydrogen) atoms. The minimum atomic E-state index is -0.0647. The van der Waals surface area contributed by atoms with Crippen LogP contribution in [0, 0.1) is 11.8 Å². The molecule has 1 aromatic carbocycles. The Hall–Kier alpha value is -1.84. The van der Waals surface area contributed by atoms with Crippen LogP contribution >= 0.6 is 0 Å². The van der Waals surface area contributed by atoms with Gasteiger partial charge in [0.1, 0.15) is 0 Å². The number of piperidine rings is 2. The fourth-order valence-electron chi connectivity index (χ4n) is 6.41. The highest BCUT2D eigenvalue weighted by molar-refractivity contribution is 5.83. The van der Waals surface area contributed by atoms with Gasteiger partial charge in [0.2, 0.25) is 11.8 Å². The first kappa shape index (κ1) is 17.1. The second-order valence-corrected chi connectivity index (χ2v) is 10.7. The van der Waals surface area contributed by atoms with Crippen LogP contribution in [0.2, 0.25) is 0 Å². The number of amides is 2. The predicted octanol–water partition coefficient (Wildman–Crippen LogP) is 3.29. The molecule has 1 spiro atoms. The quantitative estimate of drug-likeness (QED) is 0.877. The number of likely N-dealkylation sites (tertiary alicyclic amines) is 1. The van der Waals surface area contributed by atoms with Crippen molar-refractivity contribution in [2.24, 2.45) is 11.8 Å². The Labute approximate surface area is 167 Å². The van der Waals surface area contributed by atoms with Gasteiger partial charge in [-0.2, -0.15) is 0 Å². The Balaban J connectivity index is 1.11. The van der Waals surface area contributed by atoms with E-state index in [0.29, 0.717) is 23.7 Å². The summed E-state index contributed by atoms with van der Waals surface area (Å²) in [4.78, 5) is 26.9. The van der Waals surface area contributed by atoms with Crippen LogP contribution in [0.4, 0.5) is 0 Å². The summed E-state index contributed by atoms with van der Waals surface area (Å²) in [6.45, 7) is 4.17. The molecule has 3 aliphatic carbocycles. The number of fused-ring (bicyclic) bond motifs is 1. The van der Waals surface area contributed by atoms with Gasteiger partial charge < -0.3 is 10.2 Å². The zero-order valence-electron chi connectivity index (χ0n) is 16.8. The molecule has 4 heteroatoms. The average molecular weight is 379 g/mol. The summed E-state index contributed by atoms with van der Waals surface area (Å²) >= 11 is 0. The van der Waals surface area contributed by atoms with Gasteiger partial charge in [-0.15, -0.1) is 0 Å². The van der Waals surface area contributed by atoms with E-state index in [1.807, 2.05) is 0 Å². The number of benzene rings is 1. The van der Waals surface area contributed by atoms with Gasteiger partial charge in [0, 0.05) is 36.4 Å². The largest absolute Gasteiger partial charge is 0.351 e.